The summed E-state index contributed by atoms with van der Waals surface area (Å²) in [6, 6.07) is 8.86. The first-order valence-corrected chi connectivity index (χ1v) is 10.5. The minimum Gasteiger partial charge on any atom is -0.496 e. The summed E-state index contributed by atoms with van der Waals surface area (Å²) in [5.74, 6) is -0.346. The summed E-state index contributed by atoms with van der Waals surface area (Å²) < 4.78 is 7.30. The zero-order valence-electron chi connectivity index (χ0n) is 16.9. The van der Waals surface area contributed by atoms with Crippen molar-refractivity contribution in [3.63, 3.8) is 0 Å². The fourth-order valence-corrected chi connectivity index (χ4v) is 4.60. The number of hydrogen-bond donors (Lipinski definition) is 1. The third-order valence-corrected chi connectivity index (χ3v) is 6.32. The van der Waals surface area contributed by atoms with Gasteiger partial charge in [-0.15, -0.1) is 11.3 Å². The average Bonchev–Trinajstić information content (AvgIpc) is 3.37. The number of carbonyl (C=O) groups is 2. The number of imidazole rings is 1. The first-order valence-electron chi connectivity index (χ1n) is 9.67. The molecule has 30 heavy (non-hydrogen) atoms. The second kappa shape index (κ2) is 8.31. The zero-order chi connectivity index (χ0) is 21.3. The molecule has 4 rings (SSSR count). The summed E-state index contributed by atoms with van der Waals surface area (Å²) in [7, 11) is 1.64. The number of aromatic nitrogens is 2. The van der Waals surface area contributed by atoms with Crippen LogP contribution in [0.4, 0.5) is 0 Å². The Morgan fingerprint density at radius 2 is 2.17 bits per heavy atom. The van der Waals surface area contributed by atoms with Crippen LogP contribution in [0.2, 0.25) is 0 Å². The average molecular weight is 426 g/mol. The Hall–Kier alpha value is -3.13. The lowest BCUT2D eigenvalue weighted by Gasteiger charge is -2.33. The van der Waals surface area contributed by atoms with E-state index in [0.717, 1.165) is 33.1 Å². The number of aryl methyl sites for hydroxylation is 1. The fourth-order valence-electron chi connectivity index (χ4n) is 3.90. The third-order valence-electron chi connectivity index (χ3n) is 5.44. The van der Waals surface area contributed by atoms with Crippen LogP contribution in [0.3, 0.4) is 0 Å². The predicted octanol–water partition coefficient (Wildman–Crippen LogP) is 2.89. The SMILES string of the molecule is COc1ccc(Cn2cnc3c2CC(C(=O)O)N(C(=O)Cc2cccs2)C3)cc1C. The Balaban J connectivity index is 1.56. The van der Waals surface area contributed by atoms with Gasteiger partial charge in [0, 0.05) is 23.5 Å². The Kier molecular flexibility index (Phi) is 5.59. The van der Waals surface area contributed by atoms with Crippen LogP contribution in [-0.2, 0) is 35.5 Å². The molecule has 0 spiro atoms. The van der Waals surface area contributed by atoms with Gasteiger partial charge in [-0.05, 0) is 35.6 Å². The van der Waals surface area contributed by atoms with Crippen molar-refractivity contribution in [2.24, 2.45) is 0 Å². The van der Waals surface area contributed by atoms with Crippen molar-refractivity contribution >= 4 is 23.2 Å². The van der Waals surface area contributed by atoms with Crippen LogP contribution in [0.15, 0.2) is 42.0 Å². The predicted molar refractivity (Wildman–Crippen MR) is 113 cm³/mol. The van der Waals surface area contributed by atoms with Crippen molar-refractivity contribution in [3.05, 3.63) is 69.4 Å². The van der Waals surface area contributed by atoms with E-state index in [1.165, 1.54) is 16.2 Å². The smallest absolute Gasteiger partial charge is 0.326 e. The van der Waals surface area contributed by atoms with E-state index >= 15 is 0 Å². The molecule has 0 bridgehead atoms. The van der Waals surface area contributed by atoms with Gasteiger partial charge in [-0.3, -0.25) is 4.79 Å². The maximum atomic E-state index is 12.8. The topological polar surface area (TPSA) is 84.7 Å². The maximum Gasteiger partial charge on any atom is 0.326 e. The minimum absolute atomic E-state index is 0.184. The van der Waals surface area contributed by atoms with Crippen molar-refractivity contribution in [2.75, 3.05) is 7.11 Å². The third kappa shape index (κ3) is 3.95. The van der Waals surface area contributed by atoms with Crippen molar-refractivity contribution in [2.45, 2.75) is 38.9 Å². The number of carboxylic acids is 1. The summed E-state index contributed by atoms with van der Waals surface area (Å²) >= 11 is 1.50. The van der Waals surface area contributed by atoms with Crippen LogP contribution in [-0.4, -0.2) is 44.6 Å². The number of rotatable bonds is 6. The molecule has 156 valence electrons. The highest BCUT2D eigenvalue weighted by atomic mass is 32.1. The highest BCUT2D eigenvalue weighted by Gasteiger charge is 2.36. The van der Waals surface area contributed by atoms with Crippen molar-refractivity contribution in [3.8, 4) is 5.75 Å². The number of carboxylic acid groups (broad SMARTS) is 1. The van der Waals surface area contributed by atoms with E-state index in [0.29, 0.717) is 6.54 Å². The summed E-state index contributed by atoms with van der Waals surface area (Å²) in [4.78, 5) is 31.6. The van der Waals surface area contributed by atoms with E-state index in [1.54, 1.807) is 13.4 Å². The second-order valence-corrected chi connectivity index (χ2v) is 8.44. The molecular formula is C22H23N3O4S. The lowest BCUT2D eigenvalue weighted by molar-refractivity contribution is -0.151. The van der Waals surface area contributed by atoms with E-state index in [4.69, 9.17) is 4.74 Å². The highest BCUT2D eigenvalue weighted by Crippen LogP contribution is 2.26. The molecule has 1 unspecified atom stereocenters. The number of nitrogens with zero attached hydrogens (tertiary/aromatic N) is 3. The molecule has 0 radical (unpaired) electrons. The Morgan fingerprint density at radius 3 is 2.83 bits per heavy atom. The van der Waals surface area contributed by atoms with Crippen LogP contribution >= 0.6 is 11.3 Å². The van der Waals surface area contributed by atoms with Gasteiger partial charge < -0.3 is 19.3 Å². The molecule has 7 nitrogen and oxygen atoms in total. The Morgan fingerprint density at radius 1 is 1.33 bits per heavy atom. The number of hydrogen-bond acceptors (Lipinski definition) is 5. The van der Waals surface area contributed by atoms with Gasteiger partial charge in [-0.25, -0.2) is 9.78 Å². The molecular weight excluding hydrogens is 402 g/mol. The second-order valence-electron chi connectivity index (χ2n) is 7.41. The van der Waals surface area contributed by atoms with Gasteiger partial charge in [0.15, 0.2) is 0 Å². The number of ether oxygens (including phenoxy) is 1. The number of aliphatic carboxylic acids is 1. The van der Waals surface area contributed by atoms with Gasteiger partial charge in [-0.2, -0.15) is 0 Å². The maximum absolute atomic E-state index is 12.8. The number of thiophene rings is 1. The fraction of sp³-hybridized carbons (Fsp3) is 0.318. The molecule has 3 aromatic rings. The molecule has 3 heterocycles. The summed E-state index contributed by atoms with van der Waals surface area (Å²) in [6.45, 7) is 2.79. The molecule has 1 atom stereocenters. The van der Waals surface area contributed by atoms with E-state index < -0.39 is 12.0 Å². The normalized spacial score (nSPS) is 15.7. The molecule has 1 aliphatic heterocycles. The molecule has 1 amide bonds. The molecule has 0 saturated heterocycles. The number of carbonyl (C=O) groups excluding carboxylic acids is 1. The number of methoxy groups -OCH3 is 1. The summed E-state index contributed by atoms with van der Waals surface area (Å²) in [5, 5.41) is 11.7. The van der Waals surface area contributed by atoms with E-state index in [9.17, 15) is 14.7 Å². The first kappa shape index (κ1) is 20.2. The van der Waals surface area contributed by atoms with Crippen LogP contribution in [0.25, 0.3) is 0 Å². The molecule has 2 aromatic heterocycles. The van der Waals surface area contributed by atoms with Crippen molar-refractivity contribution in [1.82, 2.24) is 14.5 Å². The molecule has 0 saturated carbocycles. The van der Waals surface area contributed by atoms with Crippen LogP contribution in [0.5, 0.6) is 5.75 Å². The monoisotopic (exact) mass is 425 g/mol. The van der Waals surface area contributed by atoms with Gasteiger partial charge in [0.05, 0.1) is 32.1 Å². The van der Waals surface area contributed by atoms with Crippen LogP contribution in [0, 0.1) is 6.92 Å². The highest BCUT2D eigenvalue weighted by molar-refractivity contribution is 7.10. The molecule has 1 N–H and O–H groups in total. The van der Waals surface area contributed by atoms with E-state index in [1.807, 2.05) is 41.1 Å². The van der Waals surface area contributed by atoms with Crippen molar-refractivity contribution < 1.29 is 19.4 Å². The molecule has 1 aromatic carbocycles. The first-order chi connectivity index (χ1) is 14.5. The summed E-state index contributed by atoms with van der Waals surface area (Å²) in [5.41, 5.74) is 3.75. The van der Waals surface area contributed by atoms with Gasteiger partial charge in [0.2, 0.25) is 5.91 Å². The van der Waals surface area contributed by atoms with Crippen LogP contribution < -0.4 is 4.74 Å². The summed E-state index contributed by atoms with van der Waals surface area (Å²) in [6.07, 6.45) is 2.19. The molecule has 0 aliphatic carbocycles. The lowest BCUT2D eigenvalue weighted by atomic mass is 10.0. The van der Waals surface area contributed by atoms with Gasteiger partial charge in [-0.1, -0.05) is 18.2 Å². The Labute approximate surface area is 178 Å². The standard InChI is InChI=1S/C22H23N3O4S/c1-14-8-15(5-6-20(14)29-2)11-24-13-23-17-12-25(19(22(27)28)10-18(17)24)21(26)9-16-4-3-7-30-16/h3-8,13,19H,9-12H2,1-2H3,(H,27,28). The van der Waals surface area contributed by atoms with E-state index in [-0.39, 0.29) is 25.3 Å². The largest absolute Gasteiger partial charge is 0.496 e. The zero-order valence-corrected chi connectivity index (χ0v) is 17.7. The molecule has 0 fully saturated rings. The van der Waals surface area contributed by atoms with E-state index in [2.05, 4.69) is 11.1 Å². The minimum atomic E-state index is -0.992. The Bertz CT molecular complexity index is 1070. The number of amides is 1. The quantitative estimate of drug-likeness (QED) is 0.657. The number of benzene rings is 1. The lowest BCUT2D eigenvalue weighted by Crippen LogP contribution is -2.49. The van der Waals surface area contributed by atoms with Crippen LogP contribution in [0.1, 0.15) is 27.4 Å². The molecule has 8 heteroatoms. The number of fused-ring (bicyclic) bond motifs is 1. The van der Waals surface area contributed by atoms with Crippen molar-refractivity contribution in [1.29, 1.82) is 0 Å². The van der Waals surface area contributed by atoms with Gasteiger partial charge in [0.1, 0.15) is 11.8 Å². The van der Waals surface area contributed by atoms with Gasteiger partial charge in [0.25, 0.3) is 0 Å². The molecule has 1 aliphatic rings. The van der Waals surface area contributed by atoms with Gasteiger partial charge >= 0.3 is 5.97 Å².